The van der Waals surface area contributed by atoms with Crippen molar-refractivity contribution in [1.29, 1.82) is 0 Å². The molecule has 4 heteroatoms. The molecule has 76 valence electrons. The molecule has 1 N–H and O–H groups in total. The fraction of sp³-hybridized carbons (Fsp3) is 0.300. The van der Waals surface area contributed by atoms with E-state index in [-0.39, 0.29) is 5.75 Å². The van der Waals surface area contributed by atoms with E-state index in [0.717, 1.165) is 0 Å². The predicted molar refractivity (Wildman–Crippen MR) is 56.5 cm³/mol. The third kappa shape index (κ3) is 1.90. The third-order valence-electron chi connectivity index (χ3n) is 1.99. The zero-order chi connectivity index (χ0) is 10.7. The number of benzene rings is 1. The largest absolute Gasteiger partial charge is 0.506 e. The molecule has 0 heterocycles. The molecule has 14 heavy (non-hydrogen) atoms. The minimum atomic E-state index is -0.426. The average Bonchev–Trinajstić information content (AvgIpc) is 2.20. The van der Waals surface area contributed by atoms with Crippen LogP contribution in [-0.4, -0.2) is 18.2 Å². The smallest absolute Gasteiger partial charge is 0.338 e. The Bertz CT molecular complexity index is 361. The topological polar surface area (TPSA) is 46.5 Å². The molecule has 1 aromatic rings. The summed E-state index contributed by atoms with van der Waals surface area (Å²) in [6.45, 7) is 1.87. The first-order chi connectivity index (χ1) is 6.61. The monoisotopic (exact) mass is 258 g/mol. The number of ether oxygens (including phenoxy) is 1. The van der Waals surface area contributed by atoms with E-state index < -0.39 is 5.97 Å². The number of halogens is 1. The van der Waals surface area contributed by atoms with Crippen molar-refractivity contribution in [3.8, 4) is 5.75 Å². The molecule has 0 unspecified atom stereocenters. The second-order valence-electron chi connectivity index (χ2n) is 2.77. The number of hydrogen-bond acceptors (Lipinski definition) is 3. The van der Waals surface area contributed by atoms with Crippen molar-refractivity contribution < 1.29 is 14.6 Å². The van der Waals surface area contributed by atoms with Gasteiger partial charge in [0.25, 0.3) is 0 Å². The first-order valence-electron chi connectivity index (χ1n) is 4.20. The predicted octanol–water partition coefficient (Wildman–Crippen LogP) is 2.50. The van der Waals surface area contributed by atoms with Crippen LogP contribution in [0.25, 0.3) is 0 Å². The highest BCUT2D eigenvalue weighted by molar-refractivity contribution is 9.10. The highest BCUT2D eigenvalue weighted by atomic mass is 79.9. The SMILES string of the molecule is CCc1c(C(=O)OC)ccc(Br)c1O. The van der Waals surface area contributed by atoms with Crippen LogP contribution >= 0.6 is 15.9 Å². The molecule has 0 aliphatic rings. The number of esters is 1. The van der Waals surface area contributed by atoms with Crippen LogP contribution < -0.4 is 0 Å². The normalized spacial score (nSPS) is 9.93. The van der Waals surface area contributed by atoms with Crippen molar-refractivity contribution in [2.75, 3.05) is 7.11 Å². The molecule has 0 aliphatic heterocycles. The van der Waals surface area contributed by atoms with E-state index in [1.807, 2.05) is 6.92 Å². The van der Waals surface area contributed by atoms with Crippen molar-refractivity contribution in [1.82, 2.24) is 0 Å². The molecule has 1 rings (SSSR count). The lowest BCUT2D eigenvalue weighted by molar-refractivity contribution is 0.0599. The second kappa shape index (κ2) is 4.46. The number of aromatic hydroxyl groups is 1. The molecule has 0 atom stereocenters. The van der Waals surface area contributed by atoms with E-state index in [1.54, 1.807) is 12.1 Å². The summed E-state index contributed by atoms with van der Waals surface area (Å²) in [6, 6.07) is 3.26. The number of carbonyl (C=O) groups excluding carboxylic acids is 1. The van der Waals surface area contributed by atoms with Crippen molar-refractivity contribution in [3.05, 3.63) is 27.7 Å². The lowest BCUT2D eigenvalue weighted by Gasteiger charge is -2.09. The summed E-state index contributed by atoms with van der Waals surface area (Å²) in [5.41, 5.74) is 1.02. The van der Waals surface area contributed by atoms with Gasteiger partial charge >= 0.3 is 5.97 Å². The highest BCUT2D eigenvalue weighted by Gasteiger charge is 2.15. The van der Waals surface area contributed by atoms with Gasteiger partial charge in [-0.15, -0.1) is 0 Å². The Balaban J connectivity index is 3.31. The van der Waals surface area contributed by atoms with Gasteiger partial charge in [-0.05, 0) is 34.5 Å². The summed E-state index contributed by atoms with van der Waals surface area (Å²) in [6.07, 6.45) is 0.579. The van der Waals surface area contributed by atoms with Crippen LogP contribution in [0.15, 0.2) is 16.6 Å². The third-order valence-corrected chi connectivity index (χ3v) is 2.63. The maximum Gasteiger partial charge on any atom is 0.338 e. The number of rotatable bonds is 2. The van der Waals surface area contributed by atoms with Gasteiger partial charge in [-0.3, -0.25) is 0 Å². The highest BCUT2D eigenvalue weighted by Crippen LogP contribution is 2.31. The molecule has 0 amide bonds. The van der Waals surface area contributed by atoms with Gasteiger partial charge < -0.3 is 9.84 Å². The molecule has 0 saturated carbocycles. The summed E-state index contributed by atoms with van der Waals surface area (Å²) in [5, 5.41) is 9.67. The second-order valence-corrected chi connectivity index (χ2v) is 3.62. The Hall–Kier alpha value is -1.03. The quantitative estimate of drug-likeness (QED) is 0.830. The lowest BCUT2D eigenvalue weighted by atomic mass is 10.0. The minimum absolute atomic E-state index is 0.107. The molecular weight excluding hydrogens is 248 g/mol. The Morgan fingerprint density at radius 1 is 1.57 bits per heavy atom. The Labute approximate surface area is 90.8 Å². The molecule has 3 nitrogen and oxygen atoms in total. The fourth-order valence-electron chi connectivity index (χ4n) is 1.27. The fourth-order valence-corrected chi connectivity index (χ4v) is 1.64. The number of phenols is 1. The molecule has 0 aliphatic carbocycles. The summed E-state index contributed by atoms with van der Waals surface area (Å²) in [5.74, 6) is -0.319. The summed E-state index contributed by atoms with van der Waals surface area (Å²) in [4.78, 5) is 11.3. The molecule has 0 fully saturated rings. The van der Waals surface area contributed by atoms with E-state index in [4.69, 9.17) is 0 Å². The van der Waals surface area contributed by atoms with Gasteiger partial charge in [-0.1, -0.05) is 6.92 Å². The minimum Gasteiger partial charge on any atom is -0.506 e. The van der Waals surface area contributed by atoms with E-state index in [0.29, 0.717) is 22.0 Å². The van der Waals surface area contributed by atoms with Gasteiger partial charge in [0.05, 0.1) is 17.1 Å². The molecule has 0 saturated heterocycles. The van der Waals surface area contributed by atoms with Crippen LogP contribution in [0.5, 0.6) is 5.75 Å². The number of methoxy groups -OCH3 is 1. The molecule has 0 aromatic heterocycles. The Morgan fingerprint density at radius 2 is 2.21 bits per heavy atom. The van der Waals surface area contributed by atoms with Crippen LogP contribution in [0.1, 0.15) is 22.8 Å². The van der Waals surface area contributed by atoms with Gasteiger partial charge in [0.1, 0.15) is 5.75 Å². The van der Waals surface area contributed by atoms with Gasteiger partial charge in [-0.25, -0.2) is 4.79 Å². The van der Waals surface area contributed by atoms with Gasteiger partial charge in [0.15, 0.2) is 0 Å². The molecule has 0 spiro atoms. The van der Waals surface area contributed by atoms with Crippen LogP contribution in [0.2, 0.25) is 0 Å². The van der Waals surface area contributed by atoms with Gasteiger partial charge in [0, 0.05) is 5.56 Å². The van der Waals surface area contributed by atoms with Gasteiger partial charge in [0.2, 0.25) is 0 Å². The van der Waals surface area contributed by atoms with Crippen molar-refractivity contribution in [2.45, 2.75) is 13.3 Å². The maximum absolute atomic E-state index is 11.3. The zero-order valence-electron chi connectivity index (χ0n) is 8.00. The van der Waals surface area contributed by atoms with Gasteiger partial charge in [-0.2, -0.15) is 0 Å². The molecule has 1 aromatic carbocycles. The van der Waals surface area contributed by atoms with Crippen LogP contribution in [-0.2, 0) is 11.2 Å². The van der Waals surface area contributed by atoms with Crippen LogP contribution in [0.4, 0.5) is 0 Å². The summed E-state index contributed by atoms with van der Waals surface area (Å²) < 4.78 is 5.19. The van der Waals surface area contributed by atoms with E-state index in [9.17, 15) is 9.90 Å². The van der Waals surface area contributed by atoms with Crippen molar-refractivity contribution in [2.24, 2.45) is 0 Å². The lowest BCUT2D eigenvalue weighted by Crippen LogP contribution is -2.05. The summed E-state index contributed by atoms with van der Waals surface area (Å²) >= 11 is 3.19. The average molecular weight is 259 g/mol. The van der Waals surface area contributed by atoms with E-state index in [1.165, 1.54) is 7.11 Å². The van der Waals surface area contributed by atoms with Crippen molar-refractivity contribution >= 4 is 21.9 Å². The zero-order valence-corrected chi connectivity index (χ0v) is 9.59. The first kappa shape index (κ1) is 11.0. The van der Waals surface area contributed by atoms with E-state index in [2.05, 4.69) is 20.7 Å². The number of phenolic OH excluding ortho intramolecular Hbond substituents is 1. The molecule has 0 bridgehead atoms. The maximum atomic E-state index is 11.3. The van der Waals surface area contributed by atoms with Crippen molar-refractivity contribution in [3.63, 3.8) is 0 Å². The standard InChI is InChI=1S/C10H11BrO3/c1-3-6-7(10(13)14-2)4-5-8(11)9(6)12/h4-5,12H,3H2,1-2H3. The number of hydrogen-bond donors (Lipinski definition) is 1. The Morgan fingerprint density at radius 3 is 2.71 bits per heavy atom. The Kier molecular flexibility index (Phi) is 3.52. The summed E-state index contributed by atoms with van der Waals surface area (Å²) in [7, 11) is 1.32. The van der Waals surface area contributed by atoms with Crippen LogP contribution in [0, 0.1) is 0 Å². The van der Waals surface area contributed by atoms with Crippen LogP contribution in [0.3, 0.4) is 0 Å². The molecule has 0 radical (unpaired) electrons. The van der Waals surface area contributed by atoms with E-state index >= 15 is 0 Å². The molecular formula is C10H11BrO3. The number of carbonyl (C=O) groups is 1. The first-order valence-corrected chi connectivity index (χ1v) is 4.99.